The quantitative estimate of drug-likeness (QED) is 0.737. The van der Waals surface area contributed by atoms with Gasteiger partial charge in [-0.15, -0.1) is 0 Å². The second kappa shape index (κ2) is 7.22. The van der Waals surface area contributed by atoms with Crippen molar-refractivity contribution in [2.75, 3.05) is 13.1 Å². The van der Waals surface area contributed by atoms with Gasteiger partial charge in [-0.2, -0.15) is 5.10 Å². The summed E-state index contributed by atoms with van der Waals surface area (Å²) in [5.41, 5.74) is 4.72. The second-order valence-corrected chi connectivity index (χ2v) is 7.31. The Hall–Kier alpha value is -1.78. The van der Waals surface area contributed by atoms with Crippen LogP contribution in [-0.2, 0) is 11.2 Å². The van der Waals surface area contributed by atoms with E-state index in [-0.39, 0.29) is 5.91 Å². The minimum Gasteiger partial charge on any atom is -0.342 e. The average Bonchev–Trinajstić information content (AvgIpc) is 2.83. The molecule has 1 aromatic heterocycles. The molecule has 1 aliphatic rings. The summed E-state index contributed by atoms with van der Waals surface area (Å²) in [6.07, 6.45) is 2.14. The lowest BCUT2D eigenvalue weighted by molar-refractivity contribution is -0.130. The lowest BCUT2D eigenvalue weighted by Gasteiger charge is -2.28. The van der Waals surface area contributed by atoms with Gasteiger partial charge in [0.15, 0.2) is 0 Å². The number of amides is 1. The highest BCUT2D eigenvalue weighted by atomic mass is 35.5. The lowest BCUT2D eigenvalue weighted by Crippen LogP contribution is -2.37. The van der Waals surface area contributed by atoms with Crippen molar-refractivity contribution in [2.24, 2.45) is 0 Å². The van der Waals surface area contributed by atoms with Gasteiger partial charge in [-0.3, -0.25) is 4.79 Å². The smallest absolute Gasteiger partial charge is 0.227 e. The fraction of sp³-hybridized carbons (Fsp3) is 0.368. The molecule has 1 fully saturated rings. The molecule has 3 rings (SSSR count). The van der Waals surface area contributed by atoms with Gasteiger partial charge in [0.1, 0.15) is 0 Å². The van der Waals surface area contributed by atoms with Crippen LogP contribution in [0.3, 0.4) is 0 Å². The van der Waals surface area contributed by atoms with Crippen molar-refractivity contribution in [3.8, 4) is 5.69 Å². The van der Waals surface area contributed by atoms with Gasteiger partial charge in [-0.25, -0.2) is 4.68 Å². The van der Waals surface area contributed by atoms with E-state index < -0.39 is 0 Å². The Morgan fingerprint density at radius 1 is 1.24 bits per heavy atom. The predicted molar refractivity (Wildman–Crippen MR) is 102 cm³/mol. The standard InChI is InChI=1S/C19H21Cl2N3O/c1-12-6-8-23(9-7-12)19(25)11-16-13(2)22-24(14(16)3)18-5-4-15(20)10-17(18)21/h4-5,10H,1,6-9,11H2,2-3H3. The minimum absolute atomic E-state index is 0.139. The molecule has 0 atom stereocenters. The molecule has 1 amide bonds. The topological polar surface area (TPSA) is 38.1 Å². The highest BCUT2D eigenvalue weighted by Crippen LogP contribution is 2.27. The van der Waals surface area contributed by atoms with Crippen molar-refractivity contribution >= 4 is 29.1 Å². The van der Waals surface area contributed by atoms with E-state index in [0.29, 0.717) is 16.5 Å². The van der Waals surface area contributed by atoms with Gasteiger partial charge in [0.05, 0.1) is 22.8 Å². The van der Waals surface area contributed by atoms with Crippen LogP contribution in [0.5, 0.6) is 0 Å². The Morgan fingerprint density at radius 3 is 2.56 bits per heavy atom. The number of carbonyl (C=O) groups is 1. The minimum atomic E-state index is 0.139. The normalized spacial score (nSPS) is 14.9. The Bertz CT molecular complexity index is 831. The van der Waals surface area contributed by atoms with E-state index in [0.717, 1.165) is 48.6 Å². The number of hydrogen-bond donors (Lipinski definition) is 0. The maximum atomic E-state index is 12.7. The van der Waals surface area contributed by atoms with Crippen LogP contribution in [0.25, 0.3) is 5.69 Å². The van der Waals surface area contributed by atoms with Crippen molar-refractivity contribution in [1.29, 1.82) is 0 Å². The molecule has 0 aliphatic carbocycles. The average molecular weight is 378 g/mol. The first-order chi connectivity index (χ1) is 11.9. The summed E-state index contributed by atoms with van der Waals surface area (Å²) in [5.74, 6) is 0.139. The third-order valence-corrected chi connectivity index (χ3v) is 5.27. The number of nitrogens with zero attached hydrogens (tertiary/aromatic N) is 3. The van der Waals surface area contributed by atoms with Crippen molar-refractivity contribution in [1.82, 2.24) is 14.7 Å². The molecule has 132 valence electrons. The molecule has 0 bridgehead atoms. The Morgan fingerprint density at radius 2 is 1.92 bits per heavy atom. The highest BCUT2D eigenvalue weighted by molar-refractivity contribution is 6.35. The first kappa shape index (κ1) is 18.0. The molecule has 0 saturated carbocycles. The Balaban J connectivity index is 1.85. The van der Waals surface area contributed by atoms with Gasteiger partial charge in [-0.1, -0.05) is 35.4 Å². The molecule has 6 heteroatoms. The van der Waals surface area contributed by atoms with E-state index in [1.54, 1.807) is 16.8 Å². The van der Waals surface area contributed by atoms with E-state index in [1.165, 1.54) is 5.57 Å². The van der Waals surface area contributed by atoms with Crippen LogP contribution in [-0.4, -0.2) is 33.7 Å². The van der Waals surface area contributed by atoms with Gasteiger partial charge in [-0.05, 0) is 44.9 Å². The molecule has 0 unspecified atom stereocenters. The number of halogens is 2. The maximum absolute atomic E-state index is 12.7. The zero-order chi connectivity index (χ0) is 18.1. The van der Waals surface area contributed by atoms with Crippen LogP contribution in [0.2, 0.25) is 10.0 Å². The number of rotatable bonds is 3. The first-order valence-corrected chi connectivity index (χ1v) is 9.07. The van der Waals surface area contributed by atoms with Crippen LogP contribution in [0, 0.1) is 13.8 Å². The molecular formula is C19H21Cl2N3O. The van der Waals surface area contributed by atoms with Gasteiger partial charge in [0, 0.05) is 29.4 Å². The fourth-order valence-electron chi connectivity index (χ4n) is 3.15. The molecule has 2 heterocycles. The van der Waals surface area contributed by atoms with Crippen LogP contribution in [0.1, 0.15) is 29.8 Å². The van der Waals surface area contributed by atoms with Crippen molar-refractivity contribution in [2.45, 2.75) is 33.1 Å². The lowest BCUT2D eigenvalue weighted by atomic mass is 10.0. The molecule has 0 N–H and O–H groups in total. The van der Waals surface area contributed by atoms with Gasteiger partial charge in [0.25, 0.3) is 0 Å². The summed E-state index contributed by atoms with van der Waals surface area (Å²) in [4.78, 5) is 14.6. The van der Waals surface area contributed by atoms with Crippen LogP contribution >= 0.6 is 23.2 Å². The van der Waals surface area contributed by atoms with E-state index in [9.17, 15) is 4.79 Å². The van der Waals surface area contributed by atoms with Crippen LogP contribution < -0.4 is 0 Å². The van der Waals surface area contributed by atoms with Gasteiger partial charge >= 0.3 is 0 Å². The third kappa shape index (κ3) is 3.75. The summed E-state index contributed by atoms with van der Waals surface area (Å²) in [5, 5.41) is 5.70. The number of piperidine rings is 1. The summed E-state index contributed by atoms with van der Waals surface area (Å²) < 4.78 is 1.79. The Labute approximate surface area is 158 Å². The van der Waals surface area contributed by atoms with E-state index in [4.69, 9.17) is 23.2 Å². The molecule has 1 aromatic carbocycles. The molecule has 2 aromatic rings. The van der Waals surface area contributed by atoms with E-state index in [2.05, 4.69) is 11.7 Å². The highest BCUT2D eigenvalue weighted by Gasteiger charge is 2.22. The summed E-state index contributed by atoms with van der Waals surface area (Å²) >= 11 is 12.3. The molecule has 1 saturated heterocycles. The predicted octanol–water partition coefficient (Wildman–Crippen LogP) is 4.52. The molecule has 0 radical (unpaired) electrons. The largest absolute Gasteiger partial charge is 0.342 e. The zero-order valence-electron chi connectivity index (χ0n) is 14.5. The third-order valence-electron chi connectivity index (χ3n) is 4.73. The van der Waals surface area contributed by atoms with Crippen LogP contribution in [0.4, 0.5) is 0 Å². The van der Waals surface area contributed by atoms with Crippen molar-refractivity contribution < 1.29 is 4.79 Å². The molecule has 25 heavy (non-hydrogen) atoms. The van der Waals surface area contributed by atoms with Crippen LogP contribution in [0.15, 0.2) is 30.4 Å². The molecular weight excluding hydrogens is 357 g/mol. The second-order valence-electron chi connectivity index (χ2n) is 6.46. The first-order valence-electron chi connectivity index (χ1n) is 8.31. The van der Waals surface area contributed by atoms with Crippen molar-refractivity contribution in [3.05, 3.63) is 57.3 Å². The number of likely N-dealkylation sites (tertiary alicyclic amines) is 1. The zero-order valence-corrected chi connectivity index (χ0v) is 16.0. The Kier molecular flexibility index (Phi) is 5.21. The summed E-state index contributed by atoms with van der Waals surface area (Å²) in [7, 11) is 0. The summed E-state index contributed by atoms with van der Waals surface area (Å²) in [6, 6.07) is 5.32. The number of hydrogen-bond acceptors (Lipinski definition) is 2. The number of aromatic nitrogens is 2. The molecule has 4 nitrogen and oxygen atoms in total. The van der Waals surface area contributed by atoms with Gasteiger partial charge < -0.3 is 4.90 Å². The van der Waals surface area contributed by atoms with Gasteiger partial charge in [0.2, 0.25) is 5.91 Å². The summed E-state index contributed by atoms with van der Waals surface area (Å²) in [6.45, 7) is 9.40. The number of carbonyl (C=O) groups excluding carboxylic acids is 1. The van der Waals surface area contributed by atoms with E-state index in [1.807, 2.05) is 24.8 Å². The molecule has 0 spiro atoms. The monoisotopic (exact) mass is 377 g/mol. The fourth-order valence-corrected chi connectivity index (χ4v) is 3.64. The maximum Gasteiger partial charge on any atom is 0.227 e. The van der Waals surface area contributed by atoms with Crippen molar-refractivity contribution in [3.63, 3.8) is 0 Å². The number of benzene rings is 1. The number of aryl methyl sites for hydroxylation is 1. The van der Waals surface area contributed by atoms with E-state index >= 15 is 0 Å². The molecule has 1 aliphatic heterocycles. The SMILES string of the molecule is C=C1CCN(C(=O)Cc2c(C)nn(-c3ccc(Cl)cc3Cl)c2C)CC1.